The number of benzene rings is 1. The van der Waals surface area contributed by atoms with Crippen molar-refractivity contribution in [2.75, 3.05) is 14.1 Å². The van der Waals surface area contributed by atoms with Gasteiger partial charge in [-0.15, -0.1) is 0 Å². The molecule has 186 valence electrons. The number of hydrogen-bond donors (Lipinski definition) is 3. The highest BCUT2D eigenvalue weighted by Gasteiger charge is 2.42. The summed E-state index contributed by atoms with van der Waals surface area (Å²) in [6, 6.07) is 3.99. The standard InChI is InChI=1S/C24H28FN5O5/c1-12-8-14(4-5-16(12)25)11-26-21(32)18-19(31)23(34)30-7-6-13-9-15(20(30)28-18)17(10-13)27-22(33)24(35)29(2)3/h4-5,8,13,15,17,31H,6-7,9-11H2,1-3H3,(H,26,32)(H,27,33). The molecule has 2 heterocycles. The molecule has 0 radical (unpaired) electrons. The van der Waals surface area contributed by atoms with Crippen molar-refractivity contribution in [1.29, 1.82) is 0 Å². The summed E-state index contributed by atoms with van der Waals surface area (Å²) >= 11 is 0. The second-order valence-corrected chi connectivity index (χ2v) is 9.40. The fourth-order valence-electron chi connectivity index (χ4n) is 4.87. The van der Waals surface area contributed by atoms with Gasteiger partial charge in [0.15, 0.2) is 5.69 Å². The van der Waals surface area contributed by atoms with Crippen LogP contribution in [0.5, 0.6) is 5.75 Å². The van der Waals surface area contributed by atoms with Crippen LogP contribution < -0.4 is 16.2 Å². The fourth-order valence-corrected chi connectivity index (χ4v) is 4.87. The summed E-state index contributed by atoms with van der Waals surface area (Å²) in [4.78, 5) is 55.8. The summed E-state index contributed by atoms with van der Waals surface area (Å²) in [7, 11) is 2.97. The molecule has 3 N–H and O–H groups in total. The van der Waals surface area contributed by atoms with Crippen molar-refractivity contribution in [2.45, 2.75) is 51.2 Å². The zero-order valence-corrected chi connectivity index (χ0v) is 19.8. The largest absolute Gasteiger partial charge is 0.501 e. The molecule has 1 aromatic heterocycles. The smallest absolute Gasteiger partial charge is 0.311 e. The van der Waals surface area contributed by atoms with Gasteiger partial charge in [-0.2, -0.15) is 0 Å². The van der Waals surface area contributed by atoms with Gasteiger partial charge in [-0.25, -0.2) is 9.37 Å². The Morgan fingerprint density at radius 3 is 2.69 bits per heavy atom. The lowest BCUT2D eigenvalue weighted by molar-refractivity contribution is -0.144. The number of carbonyl (C=O) groups excluding carboxylic acids is 3. The van der Waals surface area contributed by atoms with Crippen molar-refractivity contribution in [1.82, 2.24) is 25.1 Å². The van der Waals surface area contributed by atoms with Crippen LogP contribution in [-0.2, 0) is 22.7 Å². The molecule has 1 aliphatic carbocycles. The van der Waals surface area contributed by atoms with Gasteiger partial charge in [0.1, 0.15) is 11.6 Å². The van der Waals surface area contributed by atoms with E-state index >= 15 is 0 Å². The first-order valence-corrected chi connectivity index (χ1v) is 11.5. The van der Waals surface area contributed by atoms with E-state index in [2.05, 4.69) is 15.6 Å². The van der Waals surface area contributed by atoms with Crippen LogP contribution in [0.4, 0.5) is 4.39 Å². The topological polar surface area (TPSA) is 134 Å². The van der Waals surface area contributed by atoms with Gasteiger partial charge >= 0.3 is 11.8 Å². The first-order valence-electron chi connectivity index (χ1n) is 11.5. The zero-order valence-electron chi connectivity index (χ0n) is 19.8. The molecule has 3 atom stereocenters. The monoisotopic (exact) mass is 485 g/mol. The van der Waals surface area contributed by atoms with Crippen molar-refractivity contribution in [2.24, 2.45) is 5.92 Å². The van der Waals surface area contributed by atoms with Crippen LogP contribution in [0.3, 0.4) is 0 Å². The van der Waals surface area contributed by atoms with E-state index < -0.39 is 40.8 Å². The van der Waals surface area contributed by atoms with Crippen LogP contribution in [0.15, 0.2) is 23.0 Å². The Hall–Kier alpha value is -3.76. The van der Waals surface area contributed by atoms with Gasteiger partial charge in [-0.3, -0.25) is 23.7 Å². The van der Waals surface area contributed by atoms with Crippen LogP contribution in [0.1, 0.15) is 52.6 Å². The van der Waals surface area contributed by atoms with Crippen LogP contribution >= 0.6 is 0 Å². The third-order valence-corrected chi connectivity index (χ3v) is 6.74. The number of nitrogens with zero attached hydrogens (tertiary/aromatic N) is 3. The first kappa shape index (κ1) is 24.4. The molecule has 11 heteroatoms. The average Bonchev–Trinajstić information content (AvgIpc) is 3.11. The second kappa shape index (κ2) is 9.47. The number of carbonyl (C=O) groups is 3. The van der Waals surface area contributed by atoms with Gasteiger partial charge in [0.25, 0.3) is 11.5 Å². The summed E-state index contributed by atoms with van der Waals surface area (Å²) < 4.78 is 14.9. The van der Waals surface area contributed by atoms with Gasteiger partial charge < -0.3 is 20.6 Å². The molecule has 0 saturated heterocycles. The Bertz CT molecular complexity index is 1260. The molecule has 2 aliphatic rings. The predicted molar refractivity (Wildman–Crippen MR) is 123 cm³/mol. The maximum Gasteiger partial charge on any atom is 0.311 e. The number of likely N-dealkylation sites (N-methyl/N-ethyl adjacent to an activating group) is 1. The molecule has 1 aliphatic heterocycles. The number of fused-ring (bicyclic) bond motifs is 4. The summed E-state index contributed by atoms with van der Waals surface area (Å²) in [5.41, 5.74) is -0.0486. The summed E-state index contributed by atoms with van der Waals surface area (Å²) in [5, 5.41) is 15.9. The SMILES string of the molecule is Cc1cc(CNC(=O)c2nc3n(c(=O)c2O)CCC2CC(NC(=O)C(=O)N(C)C)C3C2)ccc1F. The molecule has 4 rings (SSSR count). The Morgan fingerprint density at radius 2 is 2.00 bits per heavy atom. The highest BCUT2D eigenvalue weighted by molar-refractivity contribution is 6.34. The minimum atomic E-state index is -0.748. The Morgan fingerprint density at radius 1 is 1.26 bits per heavy atom. The lowest BCUT2D eigenvalue weighted by Gasteiger charge is -2.25. The Kier molecular flexibility index (Phi) is 6.60. The minimum Gasteiger partial charge on any atom is -0.501 e. The molecule has 10 nitrogen and oxygen atoms in total. The number of nitrogens with one attached hydrogen (secondary N) is 2. The maximum absolute atomic E-state index is 13.5. The van der Waals surface area contributed by atoms with E-state index in [1.54, 1.807) is 13.0 Å². The Labute approximate surface area is 201 Å². The van der Waals surface area contributed by atoms with Crippen molar-refractivity contribution in [3.05, 3.63) is 57.0 Å². The van der Waals surface area contributed by atoms with Crippen molar-refractivity contribution in [3.63, 3.8) is 0 Å². The Balaban J connectivity index is 1.61. The lowest BCUT2D eigenvalue weighted by atomic mass is 10.0. The number of hydrogen-bond acceptors (Lipinski definition) is 6. The molecule has 2 aromatic rings. The third-order valence-electron chi connectivity index (χ3n) is 6.74. The predicted octanol–water partition coefficient (Wildman–Crippen LogP) is 0.797. The van der Waals surface area contributed by atoms with Gasteiger partial charge in [0, 0.05) is 39.1 Å². The van der Waals surface area contributed by atoms with Crippen molar-refractivity contribution in [3.8, 4) is 5.75 Å². The molecule has 3 amide bonds. The highest BCUT2D eigenvalue weighted by atomic mass is 19.1. The lowest BCUT2D eigenvalue weighted by Crippen LogP contribution is -2.46. The fraction of sp³-hybridized carbons (Fsp3) is 0.458. The number of amides is 3. The summed E-state index contributed by atoms with van der Waals surface area (Å²) in [6.45, 7) is 2.00. The minimum absolute atomic E-state index is 0.0519. The molecule has 2 bridgehead atoms. The van der Waals surface area contributed by atoms with E-state index in [0.717, 1.165) is 0 Å². The van der Waals surface area contributed by atoms with Crippen LogP contribution in [0.2, 0.25) is 0 Å². The van der Waals surface area contributed by atoms with Crippen LogP contribution in [0.25, 0.3) is 0 Å². The number of halogens is 1. The van der Waals surface area contributed by atoms with E-state index in [0.29, 0.717) is 42.8 Å². The molecule has 3 unspecified atom stereocenters. The summed E-state index contributed by atoms with van der Waals surface area (Å²) in [5.74, 6) is -3.17. The molecule has 1 fully saturated rings. The summed E-state index contributed by atoms with van der Waals surface area (Å²) in [6.07, 6.45) is 1.90. The molecule has 0 spiro atoms. The van der Waals surface area contributed by atoms with Crippen molar-refractivity contribution < 1.29 is 23.9 Å². The van der Waals surface area contributed by atoms with Gasteiger partial charge in [0.2, 0.25) is 5.75 Å². The van der Waals surface area contributed by atoms with Gasteiger partial charge in [-0.05, 0) is 49.3 Å². The second-order valence-electron chi connectivity index (χ2n) is 9.40. The van der Waals surface area contributed by atoms with Crippen LogP contribution in [0, 0.1) is 18.7 Å². The molecule has 35 heavy (non-hydrogen) atoms. The first-order chi connectivity index (χ1) is 16.6. The van der Waals surface area contributed by atoms with Gasteiger partial charge in [0.05, 0.1) is 0 Å². The zero-order chi connectivity index (χ0) is 25.4. The quantitative estimate of drug-likeness (QED) is 0.549. The molecule has 1 aromatic carbocycles. The number of aromatic hydroxyl groups is 1. The van der Waals surface area contributed by atoms with E-state index in [4.69, 9.17) is 0 Å². The molecule has 1 saturated carbocycles. The van der Waals surface area contributed by atoms with Gasteiger partial charge in [-0.1, -0.05) is 12.1 Å². The van der Waals surface area contributed by atoms with E-state index in [1.165, 1.54) is 35.7 Å². The van der Waals surface area contributed by atoms with E-state index in [-0.39, 0.29) is 24.2 Å². The maximum atomic E-state index is 13.5. The normalized spacial score (nSPS) is 20.5. The molecular formula is C24H28FN5O5. The number of aromatic nitrogens is 2. The average molecular weight is 486 g/mol. The highest BCUT2D eigenvalue weighted by Crippen LogP contribution is 2.42. The van der Waals surface area contributed by atoms with E-state index in [9.17, 15) is 28.7 Å². The van der Waals surface area contributed by atoms with E-state index in [1.807, 2.05) is 0 Å². The molecular weight excluding hydrogens is 457 g/mol. The number of aryl methyl sites for hydroxylation is 1. The number of rotatable bonds is 4. The van der Waals surface area contributed by atoms with Crippen LogP contribution in [-0.4, -0.2) is 57.4 Å². The van der Waals surface area contributed by atoms with Crippen molar-refractivity contribution >= 4 is 17.7 Å². The third kappa shape index (κ3) is 4.75.